The van der Waals surface area contributed by atoms with E-state index in [0.29, 0.717) is 35.2 Å². The average Bonchev–Trinajstić information content (AvgIpc) is 3.59. The van der Waals surface area contributed by atoms with Crippen LogP contribution in [0.5, 0.6) is 0 Å². The van der Waals surface area contributed by atoms with Gasteiger partial charge in [-0.15, -0.1) is 10.2 Å². The lowest BCUT2D eigenvalue weighted by Gasteiger charge is -2.16. The number of halogens is 1. The number of Topliss-reactive ketones (excluding diaryl/α,β-unsaturated/α-hetero) is 1. The van der Waals surface area contributed by atoms with E-state index in [2.05, 4.69) is 26.1 Å². The van der Waals surface area contributed by atoms with Crippen LogP contribution in [0.4, 0.5) is 0 Å². The number of nitrogens with zero attached hydrogens (tertiary/aromatic N) is 4. The summed E-state index contributed by atoms with van der Waals surface area (Å²) in [6.07, 6.45) is 1.75. The zero-order valence-corrected chi connectivity index (χ0v) is 22.5. The number of carbonyl (C=O) groups excluding carboxylic acids is 1. The highest BCUT2D eigenvalue weighted by atomic mass is 79.9. The second kappa shape index (κ2) is 10.7. The third kappa shape index (κ3) is 5.17. The number of sulfonamides is 1. The highest BCUT2D eigenvalue weighted by Gasteiger charge is 2.28. The molecule has 1 aliphatic rings. The summed E-state index contributed by atoms with van der Waals surface area (Å²) in [5, 5.41) is 9.34. The Labute approximate surface area is 222 Å². The highest BCUT2D eigenvalue weighted by Crippen LogP contribution is 2.31. The number of thioether (sulfide) groups is 1. The molecule has 36 heavy (non-hydrogen) atoms. The van der Waals surface area contributed by atoms with Crippen molar-refractivity contribution >= 4 is 43.5 Å². The lowest BCUT2D eigenvalue weighted by atomic mass is 10.2. The minimum atomic E-state index is -3.57. The van der Waals surface area contributed by atoms with Gasteiger partial charge in [-0.2, -0.15) is 4.31 Å². The second-order valence-corrected chi connectivity index (χ2v) is 12.1. The van der Waals surface area contributed by atoms with E-state index in [1.54, 1.807) is 30.3 Å². The van der Waals surface area contributed by atoms with E-state index in [-0.39, 0.29) is 16.4 Å². The molecule has 0 aliphatic carbocycles. The molecule has 0 amide bonds. The smallest absolute Gasteiger partial charge is 0.243 e. The first-order valence-corrected chi connectivity index (χ1v) is 14.7. The Kier molecular flexibility index (Phi) is 7.38. The quantitative estimate of drug-likeness (QED) is 0.203. The molecule has 5 rings (SSSR count). The molecule has 1 aliphatic heterocycles. The van der Waals surface area contributed by atoms with Crippen molar-refractivity contribution in [1.29, 1.82) is 0 Å². The van der Waals surface area contributed by atoms with E-state index in [4.69, 9.17) is 0 Å². The number of rotatable bonds is 8. The van der Waals surface area contributed by atoms with Gasteiger partial charge in [0.15, 0.2) is 16.8 Å². The third-order valence-corrected chi connectivity index (χ3v) is 9.24. The topological polar surface area (TPSA) is 85.2 Å². The minimum absolute atomic E-state index is 0.0239. The molecule has 1 fully saturated rings. The molecule has 184 valence electrons. The van der Waals surface area contributed by atoms with Crippen molar-refractivity contribution < 1.29 is 13.2 Å². The maximum absolute atomic E-state index is 13.2. The Morgan fingerprint density at radius 2 is 1.67 bits per heavy atom. The fourth-order valence-corrected chi connectivity index (χ4v) is 6.92. The van der Waals surface area contributed by atoms with Gasteiger partial charge in [0.05, 0.1) is 10.6 Å². The number of benzene rings is 3. The number of para-hydroxylation sites is 1. The van der Waals surface area contributed by atoms with Gasteiger partial charge in [0, 0.05) is 34.4 Å². The van der Waals surface area contributed by atoms with Gasteiger partial charge in [-0.1, -0.05) is 70.2 Å². The lowest BCUT2D eigenvalue weighted by Crippen LogP contribution is -2.27. The summed E-state index contributed by atoms with van der Waals surface area (Å²) < 4.78 is 30.5. The van der Waals surface area contributed by atoms with Gasteiger partial charge in [0.25, 0.3) is 0 Å². The number of carbonyl (C=O) groups is 1. The highest BCUT2D eigenvalue weighted by molar-refractivity contribution is 9.10. The predicted octanol–water partition coefficient (Wildman–Crippen LogP) is 5.46. The molecule has 3 aromatic carbocycles. The monoisotopic (exact) mass is 582 g/mol. The Morgan fingerprint density at radius 1 is 0.917 bits per heavy atom. The normalized spacial score (nSPS) is 14.2. The summed E-state index contributed by atoms with van der Waals surface area (Å²) in [4.78, 5) is 13.0. The van der Waals surface area contributed by atoms with Gasteiger partial charge in [-0.05, 0) is 49.2 Å². The Morgan fingerprint density at radius 3 is 2.42 bits per heavy atom. The maximum atomic E-state index is 13.2. The molecule has 7 nitrogen and oxygen atoms in total. The lowest BCUT2D eigenvalue weighted by molar-refractivity contribution is 0.102. The van der Waals surface area contributed by atoms with E-state index in [1.807, 2.05) is 53.1 Å². The van der Waals surface area contributed by atoms with Crippen molar-refractivity contribution in [3.63, 3.8) is 0 Å². The van der Waals surface area contributed by atoms with Crippen molar-refractivity contribution in [2.45, 2.75) is 22.9 Å². The third-order valence-electron chi connectivity index (χ3n) is 5.92. The predicted molar refractivity (Wildman–Crippen MR) is 144 cm³/mol. The summed E-state index contributed by atoms with van der Waals surface area (Å²) in [7, 11) is -3.57. The Balaban J connectivity index is 1.49. The summed E-state index contributed by atoms with van der Waals surface area (Å²) in [6.45, 7) is 1.08. The van der Waals surface area contributed by atoms with Gasteiger partial charge >= 0.3 is 0 Å². The van der Waals surface area contributed by atoms with Crippen LogP contribution >= 0.6 is 27.7 Å². The van der Waals surface area contributed by atoms with Crippen molar-refractivity contribution in [2.24, 2.45) is 0 Å². The molecular weight excluding hydrogens is 560 g/mol. The van der Waals surface area contributed by atoms with Gasteiger partial charge in [-0.3, -0.25) is 9.36 Å². The fraction of sp³-hybridized carbons (Fsp3) is 0.192. The molecule has 0 unspecified atom stereocenters. The summed E-state index contributed by atoms with van der Waals surface area (Å²) in [5.41, 5.74) is 2.07. The number of hydrogen-bond donors (Lipinski definition) is 0. The van der Waals surface area contributed by atoms with Gasteiger partial charge in [0.1, 0.15) is 0 Å². The molecule has 0 spiro atoms. The van der Waals surface area contributed by atoms with Gasteiger partial charge in [0.2, 0.25) is 10.0 Å². The van der Waals surface area contributed by atoms with Gasteiger partial charge in [-0.25, -0.2) is 8.42 Å². The zero-order valence-electron chi connectivity index (χ0n) is 19.2. The molecule has 0 saturated carbocycles. The van der Waals surface area contributed by atoms with Crippen LogP contribution in [0.2, 0.25) is 0 Å². The Bertz CT molecular complexity index is 1500. The molecule has 0 bridgehead atoms. The van der Waals surface area contributed by atoms with Crippen LogP contribution in [0.3, 0.4) is 0 Å². The van der Waals surface area contributed by atoms with Crippen LogP contribution in [-0.4, -0.2) is 52.1 Å². The first-order chi connectivity index (χ1) is 17.4. The Hall–Kier alpha value is -2.79. The first kappa shape index (κ1) is 24.9. The molecule has 0 atom stereocenters. The van der Waals surface area contributed by atoms with Crippen molar-refractivity contribution in [3.05, 3.63) is 88.9 Å². The van der Waals surface area contributed by atoms with E-state index in [9.17, 15) is 13.2 Å². The first-order valence-electron chi connectivity index (χ1n) is 11.5. The zero-order chi connectivity index (χ0) is 25.1. The maximum Gasteiger partial charge on any atom is 0.243 e. The summed E-state index contributed by atoms with van der Waals surface area (Å²) >= 11 is 4.70. The van der Waals surface area contributed by atoms with E-state index < -0.39 is 10.0 Å². The molecule has 1 aromatic heterocycles. The van der Waals surface area contributed by atoms with Crippen molar-refractivity contribution in [2.75, 3.05) is 18.8 Å². The van der Waals surface area contributed by atoms with Crippen LogP contribution < -0.4 is 0 Å². The van der Waals surface area contributed by atoms with E-state index in [0.717, 1.165) is 23.0 Å². The van der Waals surface area contributed by atoms with Crippen LogP contribution in [0, 0.1) is 0 Å². The van der Waals surface area contributed by atoms with Crippen LogP contribution in [0.15, 0.2) is 93.4 Å². The molecule has 4 aromatic rings. The average molecular weight is 584 g/mol. The molecule has 10 heteroatoms. The largest absolute Gasteiger partial charge is 0.293 e. The number of ketones is 1. The molecule has 1 saturated heterocycles. The number of aromatic nitrogens is 3. The van der Waals surface area contributed by atoms with Crippen molar-refractivity contribution in [1.82, 2.24) is 19.1 Å². The SMILES string of the molecule is O=C(CSc1nnc(-c2cccc(S(=O)(=O)N3CCCC3)c2)n1-c1ccccc1)c1cccc(Br)c1. The second-order valence-electron chi connectivity index (χ2n) is 8.34. The standard InChI is InChI=1S/C26H23BrN4O3S2/c27-21-10-6-8-19(16-21)24(32)18-35-26-29-28-25(31(26)22-11-2-1-3-12-22)20-9-7-13-23(17-20)36(33,34)30-14-4-5-15-30/h1-3,6-13,16-17H,4-5,14-15,18H2. The number of hydrogen-bond acceptors (Lipinski definition) is 6. The molecule has 0 radical (unpaired) electrons. The fourth-order valence-electron chi connectivity index (χ4n) is 4.11. The molecule has 0 N–H and O–H groups in total. The molecular formula is C26H23BrN4O3S2. The van der Waals surface area contributed by atoms with Crippen molar-refractivity contribution in [3.8, 4) is 17.1 Å². The summed E-state index contributed by atoms with van der Waals surface area (Å²) in [5.74, 6) is 0.673. The summed E-state index contributed by atoms with van der Waals surface area (Å²) in [6, 6.07) is 23.7. The van der Waals surface area contributed by atoms with Gasteiger partial charge < -0.3 is 0 Å². The van der Waals surface area contributed by atoms with E-state index >= 15 is 0 Å². The van der Waals surface area contributed by atoms with E-state index in [1.165, 1.54) is 16.1 Å². The van der Waals surface area contributed by atoms with Crippen LogP contribution in [0.25, 0.3) is 17.1 Å². The van der Waals surface area contributed by atoms with Crippen LogP contribution in [0.1, 0.15) is 23.2 Å². The van der Waals surface area contributed by atoms with Crippen LogP contribution in [-0.2, 0) is 10.0 Å². The molecule has 2 heterocycles. The minimum Gasteiger partial charge on any atom is -0.293 e.